The van der Waals surface area contributed by atoms with E-state index in [2.05, 4.69) is 17.2 Å². The van der Waals surface area contributed by atoms with Crippen LogP contribution in [-0.2, 0) is 11.2 Å². The summed E-state index contributed by atoms with van der Waals surface area (Å²) >= 11 is 0. The summed E-state index contributed by atoms with van der Waals surface area (Å²) in [4.78, 5) is 15.0. The van der Waals surface area contributed by atoms with Crippen molar-refractivity contribution in [3.8, 4) is 0 Å². The molecule has 1 aromatic heterocycles. The summed E-state index contributed by atoms with van der Waals surface area (Å²) in [5, 5.41) is 8.35. The van der Waals surface area contributed by atoms with Crippen LogP contribution in [0.4, 0.5) is 4.39 Å². The predicted molar refractivity (Wildman–Crippen MR) is 97.9 cm³/mol. The van der Waals surface area contributed by atoms with E-state index in [0.717, 1.165) is 44.5 Å². The Bertz CT molecular complexity index is 801. The largest absolute Gasteiger partial charge is 0.381 e. The van der Waals surface area contributed by atoms with Crippen LogP contribution < -0.4 is 0 Å². The molecular formula is C20H25FN4O2. The molecule has 3 heterocycles. The van der Waals surface area contributed by atoms with Crippen molar-refractivity contribution in [3.63, 3.8) is 0 Å². The third kappa shape index (κ3) is 3.74. The van der Waals surface area contributed by atoms with Gasteiger partial charge in [0.05, 0.1) is 12.2 Å². The Kier molecular flexibility index (Phi) is 4.95. The minimum absolute atomic E-state index is 0.0737. The maximum absolute atomic E-state index is 13.2. The second kappa shape index (κ2) is 7.38. The molecule has 2 saturated heterocycles. The van der Waals surface area contributed by atoms with E-state index < -0.39 is 0 Å². The standard InChI is InChI=1S/C20H25FN4O2/c1-20(13-15-3-5-16(21)6-4-15)9-2-10-24(20)19(26)18-14-25(23-22-18)17-7-11-27-12-8-17/h3-6,14,17H,2,7-13H2,1H3. The molecule has 0 bridgehead atoms. The molecule has 27 heavy (non-hydrogen) atoms. The fraction of sp³-hybridized carbons (Fsp3) is 0.550. The molecule has 1 atom stereocenters. The number of carbonyl (C=O) groups is 1. The monoisotopic (exact) mass is 372 g/mol. The third-order valence-electron chi connectivity index (χ3n) is 5.79. The molecule has 1 amide bonds. The predicted octanol–water partition coefficient (Wildman–Crippen LogP) is 3.01. The highest BCUT2D eigenvalue weighted by Crippen LogP contribution is 2.33. The molecule has 6 nitrogen and oxygen atoms in total. The van der Waals surface area contributed by atoms with Gasteiger partial charge in [0.15, 0.2) is 5.69 Å². The van der Waals surface area contributed by atoms with Gasteiger partial charge in [-0.05, 0) is 56.7 Å². The lowest BCUT2D eigenvalue weighted by Gasteiger charge is -2.35. The van der Waals surface area contributed by atoms with Crippen LogP contribution in [0.5, 0.6) is 0 Å². The van der Waals surface area contributed by atoms with Gasteiger partial charge in [-0.15, -0.1) is 5.10 Å². The number of hydrogen-bond acceptors (Lipinski definition) is 4. The highest BCUT2D eigenvalue weighted by atomic mass is 19.1. The van der Waals surface area contributed by atoms with E-state index in [1.54, 1.807) is 18.3 Å². The summed E-state index contributed by atoms with van der Waals surface area (Å²) in [6, 6.07) is 6.78. The maximum Gasteiger partial charge on any atom is 0.276 e. The first-order valence-electron chi connectivity index (χ1n) is 9.61. The van der Waals surface area contributed by atoms with Gasteiger partial charge in [0.1, 0.15) is 5.82 Å². The zero-order valence-corrected chi connectivity index (χ0v) is 15.6. The Balaban J connectivity index is 1.50. The van der Waals surface area contributed by atoms with Crippen LogP contribution in [-0.4, -0.2) is 51.1 Å². The molecule has 0 spiro atoms. The number of benzene rings is 1. The molecule has 0 radical (unpaired) electrons. The Morgan fingerprint density at radius 2 is 2.04 bits per heavy atom. The van der Waals surface area contributed by atoms with Gasteiger partial charge in [0, 0.05) is 25.3 Å². The zero-order chi connectivity index (χ0) is 18.9. The molecule has 2 aromatic rings. The lowest BCUT2D eigenvalue weighted by Crippen LogP contribution is -2.46. The number of halogens is 1. The average molecular weight is 372 g/mol. The topological polar surface area (TPSA) is 60.2 Å². The summed E-state index contributed by atoms with van der Waals surface area (Å²) < 4.78 is 20.4. The van der Waals surface area contributed by atoms with E-state index >= 15 is 0 Å². The van der Waals surface area contributed by atoms with Crippen LogP contribution in [0.3, 0.4) is 0 Å². The molecule has 2 aliphatic heterocycles. The van der Waals surface area contributed by atoms with E-state index in [1.807, 2.05) is 9.58 Å². The molecule has 144 valence electrons. The van der Waals surface area contributed by atoms with E-state index in [1.165, 1.54) is 12.1 Å². The van der Waals surface area contributed by atoms with Crippen molar-refractivity contribution in [1.82, 2.24) is 19.9 Å². The second-order valence-corrected chi connectivity index (χ2v) is 7.79. The van der Waals surface area contributed by atoms with Crippen molar-refractivity contribution < 1.29 is 13.9 Å². The quantitative estimate of drug-likeness (QED) is 0.828. The number of aromatic nitrogens is 3. The molecule has 4 rings (SSSR count). The van der Waals surface area contributed by atoms with Crippen LogP contribution >= 0.6 is 0 Å². The minimum atomic E-state index is -0.294. The van der Waals surface area contributed by atoms with Gasteiger partial charge in [-0.3, -0.25) is 4.79 Å². The van der Waals surface area contributed by atoms with Crippen LogP contribution in [0.1, 0.15) is 54.7 Å². The number of ether oxygens (including phenoxy) is 1. The van der Waals surface area contributed by atoms with Gasteiger partial charge >= 0.3 is 0 Å². The van der Waals surface area contributed by atoms with Gasteiger partial charge in [0.2, 0.25) is 0 Å². The highest BCUT2D eigenvalue weighted by Gasteiger charge is 2.40. The molecule has 2 fully saturated rings. The van der Waals surface area contributed by atoms with Crippen molar-refractivity contribution in [3.05, 3.63) is 47.5 Å². The fourth-order valence-corrected chi connectivity index (χ4v) is 4.24. The zero-order valence-electron chi connectivity index (χ0n) is 15.6. The summed E-state index contributed by atoms with van der Waals surface area (Å²) in [7, 11) is 0. The maximum atomic E-state index is 13.2. The summed E-state index contributed by atoms with van der Waals surface area (Å²) in [5.41, 5.74) is 1.13. The van der Waals surface area contributed by atoms with Crippen LogP contribution in [0, 0.1) is 5.82 Å². The van der Waals surface area contributed by atoms with Crippen molar-refractivity contribution in [2.45, 2.75) is 50.6 Å². The van der Waals surface area contributed by atoms with Crippen molar-refractivity contribution >= 4 is 5.91 Å². The fourth-order valence-electron chi connectivity index (χ4n) is 4.24. The number of likely N-dealkylation sites (tertiary alicyclic amines) is 1. The SMILES string of the molecule is CC1(Cc2ccc(F)cc2)CCCN1C(=O)c1cn(C2CCOCC2)nn1. The Labute approximate surface area is 158 Å². The molecule has 0 N–H and O–H groups in total. The van der Waals surface area contributed by atoms with Crippen LogP contribution in [0.15, 0.2) is 30.5 Å². The van der Waals surface area contributed by atoms with Gasteiger partial charge in [-0.25, -0.2) is 9.07 Å². The van der Waals surface area contributed by atoms with Crippen molar-refractivity contribution in [2.24, 2.45) is 0 Å². The Morgan fingerprint density at radius 3 is 2.78 bits per heavy atom. The Morgan fingerprint density at radius 1 is 1.30 bits per heavy atom. The van der Waals surface area contributed by atoms with Crippen molar-refractivity contribution in [2.75, 3.05) is 19.8 Å². The van der Waals surface area contributed by atoms with Gasteiger partial charge in [0.25, 0.3) is 5.91 Å². The number of rotatable bonds is 4. The summed E-state index contributed by atoms with van der Waals surface area (Å²) in [5.74, 6) is -0.316. The first-order valence-corrected chi connectivity index (χ1v) is 9.61. The van der Waals surface area contributed by atoms with Crippen LogP contribution in [0.2, 0.25) is 0 Å². The van der Waals surface area contributed by atoms with Gasteiger partial charge in [-0.1, -0.05) is 17.3 Å². The first-order chi connectivity index (χ1) is 13.0. The van der Waals surface area contributed by atoms with Gasteiger partial charge < -0.3 is 9.64 Å². The normalized spacial score (nSPS) is 23.7. The van der Waals surface area contributed by atoms with Crippen molar-refractivity contribution in [1.29, 1.82) is 0 Å². The molecule has 1 unspecified atom stereocenters. The molecular weight excluding hydrogens is 347 g/mol. The lowest BCUT2D eigenvalue weighted by atomic mass is 9.90. The summed E-state index contributed by atoms with van der Waals surface area (Å²) in [6.45, 7) is 4.25. The number of amides is 1. The first kappa shape index (κ1) is 18.1. The third-order valence-corrected chi connectivity index (χ3v) is 5.79. The number of hydrogen-bond donors (Lipinski definition) is 0. The minimum Gasteiger partial charge on any atom is -0.381 e. The van der Waals surface area contributed by atoms with Crippen LogP contribution in [0.25, 0.3) is 0 Å². The molecule has 7 heteroatoms. The molecule has 0 saturated carbocycles. The summed E-state index contributed by atoms with van der Waals surface area (Å²) in [6.07, 6.45) is 6.13. The number of nitrogens with zero attached hydrogens (tertiary/aromatic N) is 4. The van der Waals surface area contributed by atoms with E-state index in [-0.39, 0.29) is 23.3 Å². The van der Waals surface area contributed by atoms with E-state index in [0.29, 0.717) is 18.7 Å². The Hall–Kier alpha value is -2.28. The molecule has 2 aliphatic rings. The second-order valence-electron chi connectivity index (χ2n) is 7.79. The lowest BCUT2D eigenvalue weighted by molar-refractivity contribution is 0.0617. The van der Waals surface area contributed by atoms with E-state index in [9.17, 15) is 9.18 Å². The highest BCUT2D eigenvalue weighted by molar-refractivity contribution is 5.92. The smallest absolute Gasteiger partial charge is 0.276 e. The molecule has 0 aliphatic carbocycles. The average Bonchev–Trinajstić information content (AvgIpc) is 3.31. The number of carbonyl (C=O) groups excluding carboxylic acids is 1. The molecule has 1 aromatic carbocycles. The van der Waals surface area contributed by atoms with E-state index in [4.69, 9.17) is 4.74 Å². The van der Waals surface area contributed by atoms with Gasteiger partial charge in [-0.2, -0.15) is 0 Å².